The van der Waals surface area contributed by atoms with Gasteiger partial charge in [0.1, 0.15) is 0 Å². The van der Waals surface area contributed by atoms with E-state index in [2.05, 4.69) is 37.4 Å². The SMILES string of the molecule is CCNCC1CCCCCC1c1ccc(C)c(Cl)c1. The molecule has 1 aliphatic rings. The van der Waals surface area contributed by atoms with E-state index in [4.69, 9.17) is 11.6 Å². The summed E-state index contributed by atoms with van der Waals surface area (Å²) >= 11 is 6.31. The highest BCUT2D eigenvalue weighted by atomic mass is 35.5. The largest absolute Gasteiger partial charge is 0.317 e. The quantitative estimate of drug-likeness (QED) is 0.771. The molecule has 19 heavy (non-hydrogen) atoms. The maximum Gasteiger partial charge on any atom is 0.0438 e. The number of halogens is 1. The van der Waals surface area contributed by atoms with Crippen molar-refractivity contribution in [3.05, 3.63) is 34.3 Å². The fraction of sp³-hybridized carbons (Fsp3) is 0.647. The zero-order chi connectivity index (χ0) is 13.7. The van der Waals surface area contributed by atoms with E-state index in [1.807, 2.05) is 0 Å². The second-order valence-corrected chi connectivity index (χ2v) is 6.23. The second kappa shape index (κ2) is 7.31. The number of aryl methyl sites for hydroxylation is 1. The van der Waals surface area contributed by atoms with Gasteiger partial charge in [-0.15, -0.1) is 0 Å². The molecule has 1 saturated carbocycles. The van der Waals surface area contributed by atoms with E-state index in [0.29, 0.717) is 5.92 Å². The third kappa shape index (κ3) is 3.97. The molecule has 1 nitrogen and oxygen atoms in total. The molecule has 0 heterocycles. The second-order valence-electron chi connectivity index (χ2n) is 5.82. The van der Waals surface area contributed by atoms with Gasteiger partial charge in [0.15, 0.2) is 0 Å². The number of rotatable bonds is 4. The lowest BCUT2D eigenvalue weighted by Gasteiger charge is -2.26. The Balaban J connectivity index is 2.18. The predicted octanol–water partition coefficient (Wildman–Crippen LogP) is 4.92. The van der Waals surface area contributed by atoms with Crippen molar-refractivity contribution in [2.24, 2.45) is 5.92 Å². The lowest BCUT2D eigenvalue weighted by atomic mass is 9.82. The van der Waals surface area contributed by atoms with Crippen LogP contribution in [0.3, 0.4) is 0 Å². The lowest BCUT2D eigenvalue weighted by molar-refractivity contribution is 0.379. The Bertz CT molecular complexity index is 402. The van der Waals surface area contributed by atoms with Crippen molar-refractivity contribution in [3.8, 4) is 0 Å². The Morgan fingerprint density at radius 3 is 2.74 bits per heavy atom. The Morgan fingerprint density at radius 2 is 2.00 bits per heavy atom. The van der Waals surface area contributed by atoms with E-state index in [0.717, 1.165) is 24.0 Å². The molecule has 0 amide bonds. The molecule has 0 aromatic heterocycles. The molecule has 0 spiro atoms. The molecule has 2 heteroatoms. The molecule has 2 atom stereocenters. The third-order valence-corrected chi connectivity index (χ3v) is 4.85. The van der Waals surface area contributed by atoms with Gasteiger partial charge >= 0.3 is 0 Å². The average molecular weight is 280 g/mol. The molecule has 1 aromatic carbocycles. The smallest absolute Gasteiger partial charge is 0.0438 e. The zero-order valence-corrected chi connectivity index (χ0v) is 13.0. The normalized spacial score (nSPS) is 24.2. The van der Waals surface area contributed by atoms with Crippen LogP contribution in [0.5, 0.6) is 0 Å². The molecular weight excluding hydrogens is 254 g/mol. The van der Waals surface area contributed by atoms with Gasteiger partial charge in [-0.3, -0.25) is 0 Å². The van der Waals surface area contributed by atoms with Crippen LogP contribution < -0.4 is 5.32 Å². The first kappa shape index (κ1) is 14.9. The fourth-order valence-corrected chi connectivity index (χ4v) is 3.43. The summed E-state index contributed by atoms with van der Waals surface area (Å²) in [5, 5.41) is 4.46. The van der Waals surface area contributed by atoms with Gasteiger partial charge in [-0.25, -0.2) is 0 Å². The van der Waals surface area contributed by atoms with Gasteiger partial charge in [-0.2, -0.15) is 0 Å². The van der Waals surface area contributed by atoms with E-state index in [1.54, 1.807) is 0 Å². The average Bonchev–Trinajstić information content (AvgIpc) is 2.65. The van der Waals surface area contributed by atoms with Crippen molar-refractivity contribution in [2.45, 2.75) is 51.9 Å². The van der Waals surface area contributed by atoms with Crippen molar-refractivity contribution in [1.82, 2.24) is 5.32 Å². The molecule has 2 unspecified atom stereocenters. The summed E-state index contributed by atoms with van der Waals surface area (Å²) in [5.74, 6) is 1.45. The predicted molar refractivity (Wildman–Crippen MR) is 84.0 cm³/mol. The van der Waals surface area contributed by atoms with Crippen LogP contribution in [0, 0.1) is 12.8 Å². The Morgan fingerprint density at radius 1 is 1.21 bits per heavy atom. The van der Waals surface area contributed by atoms with Crippen LogP contribution in [0.25, 0.3) is 0 Å². The maximum absolute atomic E-state index is 6.31. The van der Waals surface area contributed by atoms with Gasteiger partial charge in [0.25, 0.3) is 0 Å². The van der Waals surface area contributed by atoms with E-state index >= 15 is 0 Å². The molecule has 1 N–H and O–H groups in total. The summed E-state index contributed by atoms with van der Waals surface area (Å²) in [6.45, 7) is 6.48. The monoisotopic (exact) mass is 279 g/mol. The molecule has 106 valence electrons. The maximum atomic E-state index is 6.31. The molecule has 1 aromatic rings. The van der Waals surface area contributed by atoms with Crippen LogP contribution in [-0.4, -0.2) is 13.1 Å². The van der Waals surface area contributed by atoms with Gasteiger partial charge in [-0.05, 0) is 61.9 Å². The first-order valence-corrected chi connectivity index (χ1v) is 8.07. The summed E-state index contributed by atoms with van der Waals surface area (Å²) in [7, 11) is 0. The van der Waals surface area contributed by atoms with Crippen molar-refractivity contribution < 1.29 is 0 Å². The highest BCUT2D eigenvalue weighted by Gasteiger charge is 2.25. The van der Waals surface area contributed by atoms with Crippen LogP contribution >= 0.6 is 11.6 Å². The van der Waals surface area contributed by atoms with Crippen LogP contribution in [0.4, 0.5) is 0 Å². The van der Waals surface area contributed by atoms with Crippen LogP contribution in [0.15, 0.2) is 18.2 Å². The molecule has 1 fully saturated rings. The summed E-state index contributed by atoms with van der Waals surface area (Å²) in [4.78, 5) is 0. The molecule has 0 radical (unpaired) electrons. The van der Waals surface area contributed by atoms with Crippen molar-refractivity contribution >= 4 is 11.6 Å². The summed E-state index contributed by atoms with van der Waals surface area (Å²) in [6.07, 6.45) is 6.79. The minimum atomic E-state index is 0.680. The van der Waals surface area contributed by atoms with Gasteiger partial charge in [0.05, 0.1) is 0 Å². The molecule has 0 saturated heterocycles. The van der Waals surface area contributed by atoms with Crippen molar-refractivity contribution in [3.63, 3.8) is 0 Å². The van der Waals surface area contributed by atoms with E-state index < -0.39 is 0 Å². The molecular formula is C17H26ClN. The molecule has 0 aliphatic heterocycles. The Labute approximate surface area is 122 Å². The third-order valence-electron chi connectivity index (χ3n) is 4.44. The molecule has 1 aliphatic carbocycles. The highest BCUT2D eigenvalue weighted by Crippen LogP contribution is 2.37. The van der Waals surface area contributed by atoms with Crippen LogP contribution in [-0.2, 0) is 0 Å². The van der Waals surface area contributed by atoms with Crippen molar-refractivity contribution in [1.29, 1.82) is 0 Å². The minimum absolute atomic E-state index is 0.680. The topological polar surface area (TPSA) is 12.0 Å². The van der Waals surface area contributed by atoms with Gasteiger partial charge in [-0.1, -0.05) is 49.9 Å². The number of nitrogens with one attached hydrogen (secondary N) is 1. The number of benzene rings is 1. The number of hydrogen-bond donors (Lipinski definition) is 1. The Kier molecular flexibility index (Phi) is 5.72. The summed E-state index contributed by atoms with van der Waals surface area (Å²) in [6, 6.07) is 6.66. The van der Waals surface area contributed by atoms with Gasteiger partial charge in [0.2, 0.25) is 0 Å². The molecule has 0 bridgehead atoms. The summed E-state index contributed by atoms with van der Waals surface area (Å²) in [5.41, 5.74) is 2.63. The van der Waals surface area contributed by atoms with Crippen molar-refractivity contribution in [2.75, 3.05) is 13.1 Å². The van der Waals surface area contributed by atoms with Gasteiger partial charge in [0, 0.05) is 5.02 Å². The first-order chi connectivity index (χ1) is 9.22. The lowest BCUT2D eigenvalue weighted by Crippen LogP contribution is -2.26. The Hall–Kier alpha value is -0.530. The van der Waals surface area contributed by atoms with E-state index in [9.17, 15) is 0 Å². The van der Waals surface area contributed by atoms with E-state index in [-0.39, 0.29) is 0 Å². The number of hydrogen-bond acceptors (Lipinski definition) is 1. The summed E-state index contributed by atoms with van der Waals surface area (Å²) < 4.78 is 0. The first-order valence-electron chi connectivity index (χ1n) is 7.69. The van der Waals surface area contributed by atoms with Gasteiger partial charge < -0.3 is 5.32 Å². The standard InChI is InChI=1S/C17H26ClN/c1-3-19-12-15-7-5-4-6-8-16(15)14-10-9-13(2)17(18)11-14/h9-11,15-16,19H,3-8,12H2,1-2H3. The van der Waals surface area contributed by atoms with Crippen LogP contribution in [0.1, 0.15) is 56.1 Å². The highest BCUT2D eigenvalue weighted by molar-refractivity contribution is 6.31. The minimum Gasteiger partial charge on any atom is -0.317 e. The van der Waals surface area contributed by atoms with Crippen LogP contribution in [0.2, 0.25) is 5.02 Å². The fourth-order valence-electron chi connectivity index (χ4n) is 3.24. The molecule has 2 rings (SSSR count). The van der Waals surface area contributed by atoms with E-state index in [1.165, 1.54) is 43.2 Å². The zero-order valence-electron chi connectivity index (χ0n) is 12.2.